The number of hydrogen-bond donors (Lipinski definition) is 1. The van der Waals surface area contributed by atoms with E-state index in [9.17, 15) is 22.8 Å². The van der Waals surface area contributed by atoms with Crippen molar-refractivity contribution in [3.63, 3.8) is 0 Å². The maximum absolute atomic E-state index is 13.1. The second-order valence-electron chi connectivity index (χ2n) is 7.36. The van der Waals surface area contributed by atoms with Crippen LogP contribution in [-0.4, -0.2) is 47.9 Å². The summed E-state index contributed by atoms with van der Waals surface area (Å²) in [6.07, 6.45) is -1.01. The van der Waals surface area contributed by atoms with E-state index in [4.69, 9.17) is 0 Å². The van der Waals surface area contributed by atoms with Gasteiger partial charge in [0.2, 0.25) is 5.91 Å². The van der Waals surface area contributed by atoms with Gasteiger partial charge in [-0.25, -0.2) is 4.79 Å². The van der Waals surface area contributed by atoms with E-state index in [2.05, 4.69) is 5.32 Å². The lowest BCUT2D eigenvalue weighted by molar-refractivity contribution is -0.138. The van der Waals surface area contributed by atoms with E-state index in [-0.39, 0.29) is 30.0 Å². The standard InChI is InChI=1S/C19H24F3N3O2/c1-24(11-14-5-2-3-7-16(14)19(20,21)22)18(27)23-15-6-4-10-25(12-15)17(26)13-8-9-13/h2-3,5,7,13,15H,4,6,8-12H2,1H3,(H,23,27)/t15-/m1/s1. The van der Waals surface area contributed by atoms with Crippen LogP contribution in [0.3, 0.4) is 0 Å². The van der Waals surface area contributed by atoms with Crippen LogP contribution in [0.4, 0.5) is 18.0 Å². The van der Waals surface area contributed by atoms with Gasteiger partial charge >= 0.3 is 12.2 Å². The third-order valence-electron chi connectivity index (χ3n) is 5.06. The minimum absolute atomic E-state index is 0.0526. The van der Waals surface area contributed by atoms with E-state index < -0.39 is 17.8 Å². The van der Waals surface area contributed by atoms with Crippen LogP contribution in [0, 0.1) is 5.92 Å². The topological polar surface area (TPSA) is 52.7 Å². The largest absolute Gasteiger partial charge is 0.416 e. The van der Waals surface area contributed by atoms with Gasteiger partial charge in [-0.15, -0.1) is 0 Å². The molecule has 27 heavy (non-hydrogen) atoms. The SMILES string of the molecule is CN(Cc1ccccc1C(F)(F)F)C(=O)N[C@@H]1CCCN(C(=O)C2CC2)C1. The zero-order valence-corrected chi connectivity index (χ0v) is 15.3. The molecule has 1 atom stereocenters. The average Bonchev–Trinajstić information content (AvgIpc) is 3.46. The van der Waals surface area contributed by atoms with E-state index in [1.165, 1.54) is 30.1 Å². The van der Waals surface area contributed by atoms with Crippen LogP contribution in [0.5, 0.6) is 0 Å². The van der Waals surface area contributed by atoms with Crippen LogP contribution in [0.2, 0.25) is 0 Å². The van der Waals surface area contributed by atoms with Crippen molar-refractivity contribution in [2.24, 2.45) is 5.92 Å². The number of piperidine rings is 1. The summed E-state index contributed by atoms with van der Waals surface area (Å²) in [5.41, 5.74) is -0.680. The molecule has 2 fully saturated rings. The molecule has 0 aromatic heterocycles. The minimum atomic E-state index is -4.46. The van der Waals surface area contributed by atoms with Crippen LogP contribution < -0.4 is 5.32 Å². The molecule has 1 aromatic carbocycles. The van der Waals surface area contributed by atoms with Crippen molar-refractivity contribution in [3.8, 4) is 0 Å². The number of carbonyl (C=O) groups excluding carboxylic acids is 2. The van der Waals surface area contributed by atoms with E-state index in [0.29, 0.717) is 13.1 Å². The van der Waals surface area contributed by atoms with Gasteiger partial charge in [0.05, 0.1) is 5.56 Å². The fourth-order valence-corrected chi connectivity index (χ4v) is 3.43. The first-order valence-corrected chi connectivity index (χ1v) is 9.21. The zero-order chi connectivity index (χ0) is 19.6. The van der Waals surface area contributed by atoms with E-state index in [0.717, 1.165) is 31.7 Å². The van der Waals surface area contributed by atoms with Crippen LogP contribution in [-0.2, 0) is 17.5 Å². The number of halogens is 3. The van der Waals surface area contributed by atoms with Crippen LogP contribution >= 0.6 is 0 Å². The number of rotatable bonds is 4. The Hall–Kier alpha value is -2.25. The Labute approximate surface area is 156 Å². The number of alkyl halides is 3. The molecule has 8 heteroatoms. The summed E-state index contributed by atoms with van der Waals surface area (Å²) in [7, 11) is 1.47. The molecule has 0 bridgehead atoms. The van der Waals surface area contributed by atoms with Gasteiger partial charge in [0.1, 0.15) is 0 Å². The Bertz CT molecular complexity index is 704. The molecule has 1 aliphatic carbocycles. The predicted molar refractivity (Wildman–Crippen MR) is 93.8 cm³/mol. The Morgan fingerprint density at radius 2 is 1.93 bits per heavy atom. The molecule has 0 spiro atoms. The summed E-state index contributed by atoms with van der Waals surface area (Å²) in [5.74, 6) is 0.294. The first-order valence-electron chi connectivity index (χ1n) is 9.21. The highest BCUT2D eigenvalue weighted by Gasteiger charge is 2.36. The number of hydrogen-bond acceptors (Lipinski definition) is 2. The zero-order valence-electron chi connectivity index (χ0n) is 15.3. The van der Waals surface area contributed by atoms with Crippen molar-refractivity contribution >= 4 is 11.9 Å². The molecule has 1 aromatic rings. The molecule has 1 saturated heterocycles. The quantitative estimate of drug-likeness (QED) is 0.868. The molecular formula is C19H24F3N3O2. The normalized spacial score (nSPS) is 20.3. The van der Waals surface area contributed by atoms with Gasteiger partial charge in [0.25, 0.3) is 0 Å². The maximum atomic E-state index is 13.1. The van der Waals surface area contributed by atoms with E-state index in [1.807, 2.05) is 0 Å². The molecule has 1 saturated carbocycles. The minimum Gasteiger partial charge on any atom is -0.340 e. The molecule has 0 unspecified atom stereocenters. The average molecular weight is 383 g/mol. The number of carbonyl (C=O) groups is 2. The van der Waals surface area contributed by atoms with Crippen LogP contribution in [0.15, 0.2) is 24.3 Å². The first kappa shape index (κ1) is 19.5. The third-order valence-corrected chi connectivity index (χ3v) is 5.06. The molecular weight excluding hydrogens is 359 g/mol. The Kier molecular flexibility index (Phi) is 5.62. The van der Waals surface area contributed by atoms with E-state index in [1.54, 1.807) is 4.90 Å². The lowest BCUT2D eigenvalue weighted by Gasteiger charge is -2.34. The lowest BCUT2D eigenvalue weighted by atomic mass is 10.1. The first-order chi connectivity index (χ1) is 12.8. The number of nitrogens with zero attached hydrogens (tertiary/aromatic N) is 2. The lowest BCUT2D eigenvalue weighted by Crippen LogP contribution is -2.52. The van der Waals surface area contributed by atoms with Gasteiger partial charge in [0, 0.05) is 38.6 Å². The number of nitrogens with one attached hydrogen (secondary N) is 1. The summed E-state index contributed by atoms with van der Waals surface area (Å²) in [6, 6.07) is 4.65. The molecule has 0 radical (unpaired) electrons. The molecule has 3 rings (SSSR count). The van der Waals surface area contributed by atoms with Crippen LogP contribution in [0.1, 0.15) is 36.8 Å². The fraction of sp³-hybridized carbons (Fsp3) is 0.579. The van der Waals surface area contributed by atoms with E-state index >= 15 is 0 Å². The second kappa shape index (κ2) is 7.78. The Morgan fingerprint density at radius 1 is 1.22 bits per heavy atom. The highest BCUT2D eigenvalue weighted by molar-refractivity contribution is 5.81. The molecule has 1 aliphatic heterocycles. The Balaban J connectivity index is 1.57. The third kappa shape index (κ3) is 4.93. The molecule has 3 amide bonds. The number of amides is 3. The van der Waals surface area contributed by atoms with Crippen LogP contribution in [0.25, 0.3) is 0 Å². The highest BCUT2D eigenvalue weighted by atomic mass is 19.4. The predicted octanol–water partition coefficient (Wildman–Crippen LogP) is 3.25. The Morgan fingerprint density at radius 3 is 2.59 bits per heavy atom. The maximum Gasteiger partial charge on any atom is 0.416 e. The molecule has 148 valence electrons. The van der Waals surface area contributed by atoms with Gasteiger partial charge in [-0.3, -0.25) is 4.79 Å². The summed E-state index contributed by atoms with van der Waals surface area (Å²) in [5, 5.41) is 2.85. The van der Waals surface area contributed by atoms with Gasteiger partial charge in [0.15, 0.2) is 0 Å². The fourth-order valence-electron chi connectivity index (χ4n) is 3.43. The molecule has 5 nitrogen and oxygen atoms in total. The summed E-state index contributed by atoms with van der Waals surface area (Å²) >= 11 is 0. The second-order valence-corrected chi connectivity index (χ2v) is 7.36. The van der Waals surface area contributed by atoms with Crippen molar-refractivity contribution in [1.29, 1.82) is 0 Å². The summed E-state index contributed by atoms with van der Waals surface area (Å²) in [4.78, 5) is 27.7. The van der Waals surface area contributed by atoms with Gasteiger partial charge in [-0.1, -0.05) is 18.2 Å². The molecule has 2 aliphatic rings. The van der Waals surface area contributed by atoms with Gasteiger partial charge < -0.3 is 15.1 Å². The summed E-state index contributed by atoms with van der Waals surface area (Å²) in [6.45, 7) is 1.03. The smallest absolute Gasteiger partial charge is 0.340 e. The number of likely N-dealkylation sites (tertiary alicyclic amines) is 1. The monoisotopic (exact) mass is 383 g/mol. The number of urea groups is 1. The van der Waals surface area contributed by atoms with Crippen molar-refractivity contribution in [2.75, 3.05) is 20.1 Å². The number of benzene rings is 1. The van der Waals surface area contributed by atoms with Gasteiger partial charge in [-0.05, 0) is 37.3 Å². The summed E-state index contributed by atoms with van der Waals surface area (Å²) < 4.78 is 39.3. The molecule has 1 N–H and O–H groups in total. The van der Waals surface area contributed by atoms with Crippen molar-refractivity contribution in [3.05, 3.63) is 35.4 Å². The van der Waals surface area contributed by atoms with Crippen molar-refractivity contribution < 1.29 is 22.8 Å². The van der Waals surface area contributed by atoms with Gasteiger partial charge in [-0.2, -0.15) is 13.2 Å². The highest BCUT2D eigenvalue weighted by Crippen LogP contribution is 2.33. The van der Waals surface area contributed by atoms with Crippen molar-refractivity contribution in [2.45, 2.75) is 44.4 Å². The van der Waals surface area contributed by atoms with Crippen molar-refractivity contribution in [1.82, 2.24) is 15.1 Å². The molecule has 1 heterocycles.